The van der Waals surface area contributed by atoms with Crippen LogP contribution in [0.4, 0.5) is 0 Å². The Morgan fingerprint density at radius 2 is 1.59 bits per heavy atom. The Morgan fingerprint density at radius 3 is 2.31 bits per heavy atom. The smallest absolute Gasteiger partial charge is 0.265 e. The number of benzene rings is 2. The molecule has 0 atom stereocenters. The van der Waals surface area contributed by atoms with Crippen molar-refractivity contribution in [3.8, 4) is 0 Å². The molecule has 0 N–H and O–H groups in total. The van der Waals surface area contributed by atoms with Crippen LogP contribution >= 0.6 is 11.6 Å². The third kappa shape index (κ3) is 3.54. The number of nitrogens with zero attached hydrogens (tertiary/aromatic N) is 5. The van der Waals surface area contributed by atoms with Crippen molar-refractivity contribution < 1.29 is 0 Å². The molecule has 0 aliphatic heterocycles. The number of fused-ring (bicyclic) bond motifs is 4. The highest BCUT2D eigenvalue weighted by atomic mass is 35.5. The summed E-state index contributed by atoms with van der Waals surface area (Å²) in [6.45, 7) is 5.24. The molecule has 162 valence electrons. The second-order valence-corrected chi connectivity index (χ2v) is 8.56. The molecular weight excluding hydrogens is 422 g/mol. The van der Waals surface area contributed by atoms with Crippen molar-refractivity contribution in [2.24, 2.45) is 0 Å². The minimum atomic E-state index is -0.0914. The van der Waals surface area contributed by atoms with Crippen molar-refractivity contribution in [2.75, 3.05) is 0 Å². The van der Waals surface area contributed by atoms with E-state index in [0.29, 0.717) is 33.9 Å². The van der Waals surface area contributed by atoms with Crippen LogP contribution in [0.25, 0.3) is 33.2 Å². The zero-order valence-corrected chi connectivity index (χ0v) is 18.9. The van der Waals surface area contributed by atoms with Gasteiger partial charge in [-0.25, -0.2) is 15.0 Å². The van der Waals surface area contributed by atoms with Gasteiger partial charge in [-0.1, -0.05) is 55.6 Å². The molecule has 0 saturated carbocycles. The molecule has 0 aliphatic carbocycles. The topological polar surface area (TPSA) is 65.6 Å². The molecule has 3 heterocycles. The van der Waals surface area contributed by atoms with Gasteiger partial charge in [-0.05, 0) is 43.2 Å². The lowest BCUT2D eigenvalue weighted by Crippen LogP contribution is -2.24. The zero-order valence-electron chi connectivity index (χ0n) is 18.2. The molecule has 6 nitrogen and oxygen atoms in total. The molecule has 7 heteroatoms. The minimum Gasteiger partial charge on any atom is -0.308 e. The first-order valence-corrected chi connectivity index (χ1v) is 11.3. The summed E-state index contributed by atoms with van der Waals surface area (Å²) in [6.07, 6.45) is 3.22. The minimum absolute atomic E-state index is 0.0914. The molecule has 0 amide bonds. The Bertz CT molecular complexity index is 1500. The average Bonchev–Trinajstić information content (AvgIpc) is 3.09. The summed E-state index contributed by atoms with van der Waals surface area (Å²) in [5.74, 6) is 0.668. The van der Waals surface area contributed by atoms with Crippen LogP contribution in [-0.4, -0.2) is 24.1 Å². The van der Waals surface area contributed by atoms with Crippen molar-refractivity contribution in [2.45, 2.75) is 46.2 Å². The highest BCUT2D eigenvalue weighted by Gasteiger charge is 2.21. The Morgan fingerprint density at radius 1 is 0.875 bits per heavy atom. The Kier molecular flexibility index (Phi) is 5.39. The van der Waals surface area contributed by atoms with Gasteiger partial charge in [-0.15, -0.1) is 0 Å². The largest absolute Gasteiger partial charge is 0.308 e. The molecule has 5 aromatic rings. The van der Waals surface area contributed by atoms with E-state index in [0.717, 1.165) is 48.1 Å². The van der Waals surface area contributed by atoms with Crippen molar-refractivity contribution in [3.05, 3.63) is 75.3 Å². The number of aromatic nitrogens is 5. The molecule has 32 heavy (non-hydrogen) atoms. The molecule has 0 fully saturated rings. The van der Waals surface area contributed by atoms with Gasteiger partial charge in [0, 0.05) is 11.6 Å². The van der Waals surface area contributed by atoms with Crippen molar-refractivity contribution >= 4 is 44.8 Å². The lowest BCUT2D eigenvalue weighted by Gasteiger charge is -2.11. The molecule has 2 aromatic carbocycles. The van der Waals surface area contributed by atoms with E-state index in [-0.39, 0.29) is 5.56 Å². The summed E-state index contributed by atoms with van der Waals surface area (Å²) >= 11 is 6.02. The van der Waals surface area contributed by atoms with Crippen LogP contribution in [0.1, 0.15) is 37.6 Å². The van der Waals surface area contributed by atoms with Gasteiger partial charge in [0.1, 0.15) is 16.7 Å². The maximum atomic E-state index is 13.7. The summed E-state index contributed by atoms with van der Waals surface area (Å²) in [4.78, 5) is 28.3. The van der Waals surface area contributed by atoms with Crippen LogP contribution in [0.15, 0.2) is 53.3 Å². The van der Waals surface area contributed by atoms with Crippen molar-refractivity contribution in [1.29, 1.82) is 0 Å². The fourth-order valence-corrected chi connectivity index (χ4v) is 4.31. The Hall–Kier alpha value is -3.25. The summed E-state index contributed by atoms with van der Waals surface area (Å²) in [6, 6.07) is 15.3. The monoisotopic (exact) mass is 445 g/mol. The zero-order chi connectivity index (χ0) is 22.2. The number of rotatable bonds is 6. The summed E-state index contributed by atoms with van der Waals surface area (Å²) in [5.41, 5.74) is 4.51. The lowest BCUT2D eigenvalue weighted by molar-refractivity contribution is 0.619. The Labute approximate surface area is 190 Å². The number of hydrogen-bond acceptors (Lipinski definition) is 4. The first-order valence-electron chi connectivity index (χ1n) is 11.0. The maximum absolute atomic E-state index is 13.7. The first-order chi connectivity index (χ1) is 15.6. The maximum Gasteiger partial charge on any atom is 0.265 e. The molecule has 0 saturated heterocycles. The third-order valence-corrected chi connectivity index (χ3v) is 6.13. The summed E-state index contributed by atoms with van der Waals surface area (Å²) < 4.78 is 3.78. The second-order valence-electron chi connectivity index (χ2n) is 8.12. The summed E-state index contributed by atoms with van der Waals surface area (Å²) in [7, 11) is 0. The summed E-state index contributed by atoms with van der Waals surface area (Å²) in [5, 5.41) is 1.21. The van der Waals surface area contributed by atoms with Gasteiger partial charge in [0.15, 0.2) is 11.3 Å². The molecule has 0 spiro atoms. The van der Waals surface area contributed by atoms with E-state index >= 15 is 0 Å². The first kappa shape index (κ1) is 20.6. The highest BCUT2D eigenvalue weighted by molar-refractivity contribution is 6.30. The highest BCUT2D eigenvalue weighted by Crippen LogP contribution is 2.26. The van der Waals surface area contributed by atoms with Crippen LogP contribution < -0.4 is 5.56 Å². The number of unbranched alkanes of at least 4 members (excludes halogenated alkanes) is 2. The van der Waals surface area contributed by atoms with Crippen LogP contribution in [-0.2, 0) is 13.1 Å². The van der Waals surface area contributed by atoms with Crippen LogP contribution in [0.3, 0.4) is 0 Å². The van der Waals surface area contributed by atoms with Gasteiger partial charge in [0.05, 0.1) is 17.6 Å². The molecule has 5 rings (SSSR count). The molecular formula is C25H24ClN5O. The molecule has 0 radical (unpaired) electrons. The predicted octanol–water partition coefficient (Wildman–Crippen LogP) is 5.49. The van der Waals surface area contributed by atoms with E-state index in [1.807, 2.05) is 55.5 Å². The predicted molar refractivity (Wildman–Crippen MR) is 129 cm³/mol. The van der Waals surface area contributed by atoms with E-state index in [4.69, 9.17) is 26.6 Å². The molecule has 3 aromatic heterocycles. The van der Waals surface area contributed by atoms with E-state index in [2.05, 4.69) is 11.5 Å². The molecule has 0 aliphatic rings. The van der Waals surface area contributed by atoms with E-state index in [9.17, 15) is 4.79 Å². The fourth-order valence-electron chi connectivity index (χ4n) is 4.19. The van der Waals surface area contributed by atoms with Gasteiger partial charge in [-0.2, -0.15) is 0 Å². The van der Waals surface area contributed by atoms with Gasteiger partial charge < -0.3 is 4.57 Å². The third-order valence-electron chi connectivity index (χ3n) is 5.88. The van der Waals surface area contributed by atoms with E-state index in [1.54, 1.807) is 4.57 Å². The number of aryl methyl sites for hydroxylation is 2. The average molecular weight is 446 g/mol. The number of hydrogen-bond donors (Lipinski definition) is 0. The van der Waals surface area contributed by atoms with Gasteiger partial charge >= 0.3 is 0 Å². The van der Waals surface area contributed by atoms with Crippen molar-refractivity contribution in [3.63, 3.8) is 0 Å². The SMILES string of the molecule is CCCCCn1c2nc3ccccc3nc2c2c(=O)n(Cc3ccc(Cl)cc3)c(C)nc21. The van der Waals surface area contributed by atoms with Crippen molar-refractivity contribution in [1.82, 2.24) is 24.1 Å². The lowest BCUT2D eigenvalue weighted by atomic mass is 10.2. The quantitative estimate of drug-likeness (QED) is 0.324. The number of para-hydroxylation sites is 2. The van der Waals surface area contributed by atoms with Crippen LogP contribution in [0.5, 0.6) is 0 Å². The standard InChI is InChI=1S/C25H24ClN5O/c1-3-4-7-14-30-23-21(22-24(30)29-20-9-6-5-8-19(20)28-22)25(32)31(16(2)27-23)15-17-10-12-18(26)13-11-17/h5-6,8-13H,3-4,7,14-15H2,1-2H3. The van der Waals surface area contributed by atoms with Gasteiger partial charge in [0.2, 0.25) is 0 Å². The Balaban J connectivity index is 1.77. The van der Waals surface area contributed by atoms with E-state index < -0.39 is 0 Å². The fraction of sp³-hybridized carbons (Fsp3) is 0.280. The van der Waals surface area contributed by atoms with E-state index in [1.165, 1.54) is 0 Å². The van der Waals surface area contributed by atoms with Gasteiger partial charge in [0.25, 0.3) is 5.56 Å². The van der Waals surface area contributed by atoms with Gasteiger partial charge in [-0.3, -0.25) is 9.36 Å². The normalized spacial score (nSPS) is 11.7. The van der Waals surface area contributed by atoms with Crippen LogP contribution in [0, 0.1) is 6.92 Å². The molecule has 0 bridgehead atoms. The van der Waals surface area contributed by atoms with Crippen LogP contribution in [0.2, 0.25) is 5.02 Å². The number of halogens is 1. The molecule has 0 unspecified atom stereocenters. The second kappa shape index (κ2) is 8.36.